The molecule has 0 saturated heterocycles. The SMILES string of the molecule is CCCCCCCCCCCCCCCCCCC/C=C/CC/C=C/CC/C=C/C(O)C(CO)NC(=O)CCCCCCCCCCCCCCCCCCCCCCCCCCCCCCCCCCCCCCCC. The monoisotopic (exact) mass is 1080 g/mol. The van der Waals surface area contributed by atoms with Crippen molar-refractivity contribution in [3.8, 4) is 0 Å². The van der Waals surface area contributed by atoms with Crippen LogP contribution in [0.1, 0.15) is 406 Å². The number of hydrogen-bond donors (Lipinski definition) is 3. The van der Waals surface area contributed by atoms with Crippen LogP contribution in [0.5, 0.6) is 0 Å². The van der Waals surface area contributed by atoms with Gasteiger partial charge in [0, 0.05) is 6.42 Å². The summed E-state index contributed by atoms with van der Waals surface area (Å²) in [6.07, 6.45) is 95.4. The Bertz CT molecular complexity index is 1180. The lowest BCUT2D eigenvalue weighted by Crippen LogP contribution is -2.45. The Morgan fingerprint density at radius 1 is 0.299 bits per heavy atom. The lowest BCUT2D eigenvalue weighted by molar-refractivity contribution is -0.123. The number of rotatable bonds is 67. The first-order valence-corrected chi connectivity index (χ1v) is 35.7. The standard InChI is InChI=1S/C73H141NO3/c1-3-5-7-9-11-13-15-17-19-21-23-25-27-29-31-32-33-34-35-36-37-38-39-40-41-43-45-47-49-51-53-55-57-59-61-63-65-67-69-73(77)74-71(70-75)72(76)68-66-64-62-60-58-56-54-52-50-48-46-44-42-30-28-26-24-22-20-18-16-14-12-10-8-6-4-2/h50,52,58,60,66,68,71-72,75-76H,3-49,51,53-57,59,61-65,67,69-70H2,1-2H3,(H,74,77)/b52-50+,60-58+,68-66+. The Hall–Kier alpha value is -1.39. The summed E-state index contributed by atoms with van der Waals surface area (Å²) in [5.74, 6) is -0.0693. The molecule has 0 radical (unpaired) electrons. The Morgan fingerprint density at radius 2 is 0.506 bits per heavy atom. The third-order valence-electron chi connectivity index (χ3n) is 16.9. The van der Waals surface area contributed by atoms with Crippen molar-refractivity contribution in [2.24, 2.45) is 0 Å². The molecule has 1 amide bonds. The second kappa shape index (κ2) is 68.9. The first-order chi connectivity index (χ1) is 38.2. The van der Waals surface area contributed by atoms with Crippen LogP contribution in [0.3, 0.4) is 0 Å². The Balaban J connectivity index is 3.43. The molecule has 456 valence electrons. The zero-order chi connectivity index (χ0) is 55.5. The highest BCUT2D eigenvalue weighted by Crippen LogP contribution is 2.19. The van der Waals surface area contributed by atoms with Crippen LogP contribution in [-0.4, -0.2) is 34.9 Å². The van der Waals surface area contributed by atoms with Gasteiger partial charge < -0.3 is 15.5 Å². The molecule has 0 aromatic carbocycles. The maximum atomic E-state index is 12.5. The second-order valence-electron chi connectivity index (χ2n) is 24.6. The van der Waals surface area contributed by atoms with Gasteiger partial charge >= 0.3 is 0 Å². The van der Waals surface area contributed by atoms with E-state index in [4.69, 9.17) is 0 Å². The van der Waals surface area contributed by atoms with Crippen molar-refractivity contribution in [1.82, 2.24) is 5.32 Å². The summed E-state index contributed by atoms with van der Waals surface area (Å²) in [6, 6.07) is -0.645. The van der Waals surface area contributed by atoms with Gasteiger partial charge in [-0.15, -0.1) is 0 Å². The highest BCUT2D eigenvalue weighted by molar-refractivity contribution is 5.76. The van der Waals surface area contributed by atoms with Crippen LogP contribution in [-0.2, 0) is 4.79 Å². The number of aliphatic hydroxyl groups excluding tert-OH is 2. The summed E-state index contributed by atoms with van der Waals surface area (Å²) >= 11 is 0. The van der Waals surface area contributed by atoms with Crippen molar-refractivity contribution < 1.29 is 15.0 Å². The van der Waals surface area contributed by atoms with Crippen LogP contribution in [0.2, 0.25) is 0 Å². The van der Waals surface area contributed by atoms with E-state index in [-0.39, 0.29) is 12.5 Å². The van der Waals surface area contributed by atoms with E-state index in [0.29, 0.717) is 6.42 Å². The van der Waals surface area contributed by atoms with Crippen molar-refractivity contribution in [3.63, 3.8) is 0 Å². The molecule has 0 aliphatic heterocycles. The van der Waals surface area contributed by atoms with Gasteiger partial charge in [-0.1, -0.05) is 391 Å². The third kappa shape index (κ3) is 65.3. The molecule has 0 fully saturated rings. The molecule has 2 atom stereocenters. The summed E-state index contributed by atoms with van der Waals surface area (Å²) in [5.41, 5.74) is 0. The summed E-state index contributed by atoms with van der Waals surface area (Å²) < 4.78 is 0. The predicted octanol–water partition coefficient (Wildman–Crippen LogP) is 24.3. The van der Waals surface area contributed by atoms with E-state index >= 15 is 0 Å². The molecule has 0 aromatic heterocycles. The summed E-state index contributed by atoms with van der Waals surface area (Å²) in [7, 11) is 0. The molecule has 4 heteroatoms. The summed E-state index contributed by atoms with van der Waals surface area (Å²) in [6.45, 7) is 4.35. The quantitative estimate of drug-likeness (QED) is 0.0420. The zero-order valence-electron chi connectivity index (χ0n) is 52.8. The second-order valence-corrected chi connectivity index (χ2v) is 24.6. The Labute approximate surface area is 484 Å². The third-order valence-corrected chi connectivity index (χ3v) is 16.9. The van der Waals surface area contributed by atoms with E-state index in [0.717, 1.165) is 38.5 Å². The fourth-order valence-corrected chi connectivity index (χ4v) is 11.5. The highest BCUT2D eigenvalue weighted by Gasteiger charge is 2.18. The largest absolute Gasteiger partial charge is 0.394 e. The van der Waals surface area contributed by atoms with Crippen LogP contribution in [0, 0.1) is 0 Å². The van der Waals surface area contributed by atoms with Crippen LogP contribution in [0.4, 0.5) is 0 Å². The molecule has 0 aromatic rings. The van der Waals surface area contributed by atoms with Gasteiger partial charge in [0.05, 0.1) is 18.8 Å². The van der Waals surface area contributed by atoms with E-state index in [2.05, 4.69) is 43.5 Å². The van der Waals surface area contributed by atoms with Crippen molar-refractivity contribution in [2.75, 3.05) is 6.61 Å². The van der Waals surface area contributed by atoms with Gasteiger partial charge in [0.2, 0.25) is 5.91 Å². The van der Waals surface area contributed by atoms with Gasteiger partial charge in [0.15, 0.2) is 0 Å². The first kappa shape index (κ1) is 75.6. The highest BCUT2D eigenvalue weighted by atomic mass is 16.3. The normalized spacial score (nSPS) is 12.8. The van der Waals surface area contributed by atoms with Gasteiger partial charge in [-0.3, -0.25) is 4.79 Å². The average molecular weight is 1080 g/mol. The minimum Gasteiger partial charge on any atom is -0.394 e. The van der Waals surface area contributed by atoms with Crippen molar-refractivity contribution >= 4 is 5.91 Å². The average Bonchev–Trinajstić information content (AvgIpc) is 3.43. The predicted molar refractivity (Wildman–Crippen MR) is 345 cm³/mol. The number of carbonyl (C=O) groups excluding carboxylic acids is 1. The van der Waals surface area contributed by atoms with E-state index in [1.54, 1.807) is 6.08 Å². The molecule has 77 heavy (non-hydrogen) atoms. The van der Waals surface area contributed by atoms with E-state index in [1.807, 2.05) is 6.08 Å². The van der Waals surface area contributed by atoms with Crippen LogP contribution in [0.15, 0.2) is 36.5 Å². The van der Waals surface area contributed by atoms with Crippen molar-refractivity contribution in [3.05, 3.63) is 36.5 Å². The van der Waals surface area contributed by atoms with E-state index in [9.17, 15) is 15.0 Å². The Kier molecular flexibility index (Phi) is 67.6. The number of unbranched alkanes of at least 4 members (excludes halogenated alkanes) is 56. The smallest absolute Gasteiger partial charge is 0.220 e. The molecular formula is C73H141NO3. The molecule has 3 N–H and O–H groups in total. The van der Waals surface area contributed by atoms with Gasteiger partial charge in [0.1, 0.15) is 0 Å². The fourth-order valence-electron chi connectivity index (χ4n) is 11.5. The minimum atomic E-state index is -0.870. The molecule has 4 nitrogen and oxygen atoms in total. The molecule has 2 unspecified atom stereocenters. The topological polar surface area (TPSA) is 69.6 Å². The molecular weight excluding hydrogens is 939 g/mol. The number of carbonyl (C=O) groups is 1. The van der Waals surface area contributed by atoms with Crippen LogP contribution >= 0.6 is 0 Å². The van der Waals surface area contributed by atoms with Crippen LogP contribution in [0.25, 0.3) is 0 Å². The lowest BCUT2D eigenvalue weighted by Gasteiger charge is -2.19. The summed E-state index contributed by atoms with van der Waals surface area (Å²) in [5, 5.41) is 23.3. The molecule has 0 saturated carbocycles. The molecule has 0 heterocycles. The van der Waals surface area contributed by atoms with Crippen LogP contribution < -0.4 is 5.32 Å². The fraction of sp³-hybridized carbons (Fsp3) is 0.904. The number of allylic oxidation sites excluding steroid dienone is 5. The van der Waals surface area contributed by atoms with E-state index in [1.165, 1.54) is 347 Å². The number of hydrogen-bond acceptors (Lipinski definition) is 3. The molecule has 0 bridgehead atoms. The van der Waals surface area contributed by atoms with Gasteiger partial charge in [0.25, 0.3) is 0 Å². The first-order valence-electron chi connectivity index (χ1n) is 35.7. The number of amides is 1. The van der Waals surface area contributed by atoms with Gasteiger partial charge in [-0.25, -0.2) is 0 Å². The zero-order valence-corrected chi connectivity index (χ0v) is 52.8. The van der Waals surface area contributed by atoms with Gasteiger partial charge in [-0.2, -0.15) is 0 Å². The maximum absolute atomic E-state index is 12.5. The maximum Gasteiger partial charge on any atom is 0.220 e. The van der Waals surface area contributed by atoms with E-state index < -0.39 is 12.1 Å². The van der Waals surface area contributed by atoms with Gasteiger partial charge in [-0.05, 0) is 44.9 Å². The van der Waals surface area contributed by atoms with Crippen molar-refractivity contribution in [1.29, 1.82) is 0 Å². The number of nitrogens with one attached hydrogen (secondary N) is 1. The minimum absolute atomic E-state index is 0.0693. The Morgan fingerprint density at radius 3 is 0.753 bits per heavy atom. The molecule has 0 spiro atoms. The molecule has 0 aliphatic rings. The molecule has 0 rings (SSSR count). The number of aliphatic hydroxyl groups is 2. The van der Waals surface area contributed by atoms with Crippen molar-refractivity contribution in [2.45, 2.75) is 418 Å². The lowest BCUT2D eigenvalue weighted by atomic mass is 10.0. The molecule has 0 aliphatic carbocycles. The summed E-state index contributed by atoms with van der Waals surface area (Å²) in [4.78, 5) is 12.5.